The lowest BCUT2D eigenvalue weighted by Gasteiger charge is -2.34. The molecule has 34 heavy (non-hydrogen) atoms. The van der Waals surface area contributed by atoms with E-state index >= 15 is 0 Å². The highest BCUT2D eigenvalue weighted by Gasteiger charge is 2.19. The van der Waals surface area contributed by atoms with Gasteiger partial charge in [0.15, 0.2) is 0 Å². The topological polar surface area (TPSA) is 53.6 Å². The molecule has 4 rings (SSSR count). The molecule has 1 amide bonds. The number of benzene rings is 3. The van der Waals surface area contributed by atoms with Crippen LogP contribution in [0.1, 0.15) is 39.9 Å². The number of nitrogens with one attached hydrogen (secondary N) is 2. The lowest BCUT2D eigenvalue weighted by molar-refractivity contribution is 0.102. The van der Waals surface area contributed by atoms with Gasteiger partial charge in [-0.3, -0.25) is 4.79 Å². The zero-order valence-corrected chi connectivity index (χ0v) is 20.4. The van der Waals surface area contributed by atoms with Crippen molar-refractivity contribution in [2.75, 3.05) is 37.0 Å². The van der Waals surface area contributed by atoms with Gasteiger partial charge in [-0.25, -0.2) is 0 Å². The van der Waals surface area contributed by atoms with E-state index in [1.807, 2.05) is 56.3 Å². The number of piperidine rings is 1. The van der Waals surface area contributed by atoms with Crippen LogP contribution in [-0.2, 0) is 6.42 Å². The summed E-state index contributed by atoms with van der Waals surface area (Å²) in [7, 11) is 1.71. The van der Waals surface area contributed by atoms with E-state index in [2.05, 4.69) is 39.8 Å². The SMILES string of the molecule is COc1cccc(CCNC2CCN(c3ccc(NC(=O)c4ccc(C)cc4C)cc3)CC2)c1. The minimum absolute atomic E-state index is 0.0638. The zero-order chi connectivity index (χ0) is 23.9. The van der Waals surface area contributed by atoms with Gasteiger partial charge in [0.2, 0.25) is 0 Å². The van der Waals surface area contributed by atoms with E-state index < -0.39 is 0 Å². The van der Waals surface area contributed by atoms with Gasteiger partial charge < -0.3 is 20.3 Å². The summed E-state index contributed by atoms with van der Waals surface area (Å²) in [4.78, 5) is 15.1. The number of anilines is 2. The molecule has 1 aliphatic heterocycles. The van der Waals surface area contributed by atoms with Crippen molar-refractivity contribution in [3.63, 3.8) is 0 Å². The molecule has 5 heteroatoms. The zero-order valence-electron chi connectivity index (χ0n) is 20.4. The second-order valence-electron chi connectivity index (χ2n) is 9.14. The lowest BCUT2D eigenvalue weighted by atomic mass is 10.0. The Morgan fingerprint density at radius 3 is 2.47 bits per heavy atom. The number of amides is 1. The number of hydrogen-bond acceptors (Lipinski definition) is 4. The van der Waals surface area contributed by atoms with Crippen LogP contribution in [0.25, 0.3) is 0 Å². The van der Waals surface area contributed by atoms with Crippen molar-refractivity contribution < 1.29 is 9.53 Å². The van der Waals surface area contributed by atoms with Crippen LogP contribution in [0.4, 0.5) is 11.4 Å². The monoisotopic (exact) mass is 457 g/mol. The summed E-state index contributed by atoms with van der Waals surface area (Å²) in [5.74, 6) is 0.854. The van der Waals surface area contributed by atoms with Crippen LogP contribution < -0.4 is 20.3 Å². The van der Waals surface area contributed by atoms with E-state index in [1.165, 1.54) is 11.3 Å². The maximum absolute atomic E-state index is 12.6. The summed E-state index contributed by atoms with van der Waals surface area (Å²) in [5, 5.41) is 6.74. The Morgan fingerprint density at radius 2 is 1.76 bits per heavy atom. The molecule has 2 N–H and O–H groups in total. The van der Waals surface area contributed by atoms with Gasteiger partial charge >= 0.3 is 0 Å². The Kier molecular flexibility index (Phi) is 7.86. The fourth-order valence-corrected chi connectivity index (χ4v) is 4.61. The second kappa shape index (κ2) is 11.2. The smallest absolute Gasteiger partial charge is 0.255 e. The first-order chi connectivity index (χ1) is 16.5. The van der Waals surface area contributed by atoms with E-state index in [0.717, 1.165) is 67.0 Å². The minimum atomic E-state index is -0.0638. The second-order valence-corrected chi connectivity index (χ2v) is 9.14. The maximum Gasteiger partial charge on any atom is 0.255 e. The van der Waals surface area contributed by atoms with E-state index in [0.29, 0.717) is 6.04 Å². The Bertz CT molecular complexity index is 1100. The third-order valence-corrected chi connectivity index (χ3v) is 6.59. The normalized spacial score (nSPS) is 14.1. The Labute approximate surface area is 203 Å². The molecule has 5 nitrogen and oxygen atoms in total. The summed E-state index contributed by atoms with van der Waals surface area (Å²) in [6, 6.07) is 23.0. The fraction of sp³-hybridized carbons (Fsp3) is 0.345. The number of rotatable bonds is 8. The first kappa shape index (κ1) is 23.8. The molecule has 0 spiro atoms. The molecule has 3 aromatic rings. The number of carbonyl (C=O) groups is 1. The highest BCUT2D eigenvalue weighted by Crippen LogP contribution is 2.23. The molecule has 1 aliphatic rings. The number of methoxy groups -OCH3 is 1. The molecule has 0 unspecified atom stereocenters. The van der Waals surface area contributed by atoms with Crippen molar-refractivity contribution in [3.8, 4) is 5.75 Å². The van der Waals surface area contributed by atoms with E-state index in [1.54, 1.807) is 7.11 Å². The van der Waals surface area contributed by atoms with Gasteiger partial charge in [-0.2, -0.15) is 0 Å². The molecular weight excluding hydrogens is 422 g/mol. The molecule has 3 aromatic carbocycles. The molecule has 1 saturated heterocycles. The molecule has 178 valence electrons. The van der Waals surface area contributed by atoms with Gasteiger partial charge in [0, 0.05) is 36.1 Å². The van der Waals surface area contributed by atoms with Crippen molar-refractivity contribution in [2.24, 2.45) is 0 Å². The Balaban J connectivity index is 1.23. The van der Waals surface area contributed by atoms with E-state index in [4.69, 9.17) is 4.74 Å². The van der Waals surface area contributed by atoms with Gasteiger partial charge in [-0.05, 0) is 93.2 Å². The summed E-state index contributed by atoms with van der Waals surface area (Å²) < 4.78 is 5.31. The van der Waals surface area contributed by atoms with Crippen molar-refractivity contribution in [1.29, 1.82) is 0 Å². The highest BCUT2D eigenvalue weighted by molar-refractivity contribution is 6.05. The molecule has 0 radical (unpaired) electrons. The molecule has 1 heterocycles. The first-order valence-corrected chi connectivity index (χ1v) is 12.1. The molecule has 0 aliphatic carbocycles. The molecule has 0 saturated carbocycles. The minimum Gasteiger partial charge on any atom is -0.497 e. The highest BCUT2D eigenvalue weighted by atomic mass is 16.5. The lowest BCUT2D eigenvalue weighted by Crippen LogP contribution is -2.43. The van der Waals surface area contributed by atoms with E-state index in [9.17, 15) is 4.79 Å². The quantitative estimate of drug-likeness (QED) is 0.478. The summed E-state index contributed by atoms with van der Waals surface area (Å²) in [6.45, 7) is 7.06. The molecule has 1 fully saturated rings. The van der Waals surface area contributed by atoms with Gasteiger partial charge in [0.25, 0.3) is 5.91 Å². The predicted molar refractivity (Wildman–Crippen MR) is 140 cm³/mol. The number of ether oxygens (including phenoxy) is 1. The largest absolute Gasteiger partial charge is 0.497 e. The maximum atomic E-state index is 12.6. The first-order valence-electron chi connectivity index (χ1n) is 12.1. The van der Waals surface area contributed by atoms with Crippen LogP contribution in [0.5, 0.6) is 5.75 Å². The predicted octanol–water partition coefficient (Wildman–Crippen LogP) is 5.37. The van der Waals surface area contributed by atoms with Gasteiger partial charge in [-0.15, -0.1) is 0 Å². The van der Waals surface area contributed by atoms with Crippen LogP contribution in [0, 0.1) is 13.8 Å². The van der Waals surface area contributed by atoms with Crippen LogP contribution >= 0.6 is 0 Å². The van der Waals surface area contributed by atoms with Crippen molar-refractivity contribution in [2.45, 2.75) is 39.2 Å². The van der Waals surface area contributed by atoms with Gasteiger partial charge in [0.05, 0.1) is 7.11 Å². The summed E-state index contributed by atoms with van der Waals surface area (Å²) in [6.07, 6.45) is 3.26. The van der Waals surface area contributed by atoms with Crippen LogP contribution in [0.2, 0.25) is 0 Å². The average Bonchev–Trinajstić information content (AvgIpc) is 2.85. The number of hydrogen-bond donors (Lipinski definition) is 2. The third-order valence-electron chi connectivity index (χ3n) is 6.59. The van der Waals surface area contributed by atoms with Crippen LogP contribution in [-0.4, -0.2) is 38.7 Å². The van der Waals surface area contributed by atoms with Gasteiger partial charge in [-0.1, -0.05) is 29.8 Å². The molecule has 0 atom stereocenters. The summed E-state index contributed by atoms with van der Waals surface area (Å²) in [5.41, 5.74) is 6.20. The van der Waals surface area contributed by atoms with Crippen LogP contribution in [0.3, 0.4) is 0 Å². The molecular formula is C29H35N3O2. The van der Waals surface area contributed by atoms with Gasteiger partial charge in [0.1, 0.15) is 5.75 Å². The molecule has 0 bridgehead atoms. The van der Waals surface area contributed by atoms with Crippen molar-refractivity contribution in [1.82, 2.24) is 5.32 Å². The fourth-order valence-electron chi connectivity index (χ4n) is 4.61. The number of aryl methyl sites for hydroxylation is 2. The Hall–Kier alpha value is -3.31. The van der Waals surface area contributed by atoms with E-state index in [-0.39, 0.29) is 5.91 Å². The van der Waals surface area contributed by atoms with Crippen molar-refractivity contribution >= 4 is 17.3 Å². The third kappa shape index (κ3) is 6.17. The molecule has 0 aromatic heterocycles. The average molecular weight is 458 g/mol. The summed E-state index contributed by atoms with van der Waals surface area (Å²) >= 11 is 0. The van der Waals surface area contributed by atoms with Crippen LogP contribution in [0.15, 0.2) is 66.7 Å². The number of carbonyl (C=O) groups excluding carboxylic acids is 1. The standard InChI is InChI=1S/C29H35N3O2/c1-21-7-12-28(22(2)19-21)29(33)31-25-8-10-26(11-9-25)32-17-14-24(15-18-32)30-16-13-23-5-4-6-27(20-23)34-3/h4-12,19-20,24,30H,13-18H2,1-3H3,(H,31,33). The Morgan fingerprint density at radius 1 is 1.00 bits per heavy atom. The number of nitrogens with zero attached hydrogens (tertiary/aromatic N) is 1. The van der Waals surface area contributed by atoms with Crippen molar-refractivity contribution in [3.05, 3.63) is 89.0 Å².